The molecule has 0 unspecified atom stereocenters. The Bertz CT molecular complexity index is 312. The summed E-state index contributed by atoms with van der Waals surface area (Å²) in [6.45, 7) is 6.42. The Kier molecular flexibility index (Phi) is 5.16. The van der Waals surface area contributed by atoms with Crippen LogP contribution in [-0.4, -0.2) is 18.8 Å². The summed E-state index contributed by atoms with van der Waals surface area (Å²) in [5, 5.41) is 3.40. The first kappa shape index (κ1) is 13.1. The molecule has 1 nitrogen and oxygen atoms in total. The Morgan fingerprint density at radius 2 is 2.00 bits per heavy atom. The zero-order valence-electron chi connectivity index (χ0n) is 9.26. The summed E-state index contributed by atoms with van der Waals surface area (Å²) in [6, 6.07) is 8.40. The predicted molar refractivity (Wildman–Crippen MR) is 73.9 cm³/mol. The van der Waals surface area contributed by atoms with Crippen molar-refractivity contribution in [2.75, 3.05) is 18.8 Å². The molecule has 0 saturated heterocycles. The highest BCUT2D eigenvalue weighted by Gasteiger charge is 2.21. The number of hydrogen-bond donors (Lipinski definition) is 2. The summed E-state index contributed by atoms with van der Waals surface area (Å²) in [6.07, 6.45) is 0. The number of nitrogens with one attached hydrogen (secondary N) is 1. The molecule has 0 aliphatic rings. The van der Waals surface area contributed by atoms with Gasteiger partial charge in [0.15, 0.2) is 0 Å². The predicted octanol–water partition coefficient (Wildman–Crippen LogP) is 3.25. The molecule has 0 amide bonds. The minimum absolute atomic E-state index is 0.142. The van der Waals surface area contributed by atoms with Crippen molar-refractivity contribution < 1.29 is 0 Å². The summed E-state index contributed by atoms with van der Waals surface area (Å²) in [5.41, 5.74) is 1.49. The summed E-state index contributed by atoms with van der Waals surface area (Å²) in [7, 11) is 0. The van der Waals surface area contributed by atoms with Gasteiger partial charge in [-0.2, -0.15) is 12.6 Å². The van der Waals surface area contributed by atoms with Crippen LogP contribution in [0.3, 0.4) is 0 Å². The Labute approximate surface area is 106 Å². The van der Waals surface area contributed by atoms with Crippen LogP contribution in [-0.2, 0) is 5.41 Å². The minimum Gasteiger partial charge on any atom is -0.315 e. The molecule has 1 rings (SSSR count). The van der Waals surface area contributed by atoms with Gasteiger partial charge >= 0.3 is 0 Å². The zero-order chi connectivity index (χ0) is 11.3. The van der Waals surface area contributed by atoms with Crippen LogP contribution in [0.25, 0.3) is 0 Å². The fourth-order valence-electron chi connectivity index (χ4n) is 1.59. The summed E-state index contributed by atoms with van der Waals surface area (Å²) in [5.74, 6) is 0.881. The van der Waals surface area contributed by atoms with Crippen LogP contribution < -0.4 is 5.32 Å². The van der Waals surface area contributed by atoms with Gasteiger partial charge in [0.1, 0.15) is 0 Å². The van der Waals surface area contributed by atoms with Crippen molar-refractivity contribution in [3.63, 3.8) is 0 Å². The lowest BCUT2D eigenvalue weighted by molar-refractivity contribution is 0.477. The third-order valence-corrected chi connectivity index (χ3v) is 3.37. The molecule has 0 fully saturated rings. The van der Waals surface area contributed by atoms with Crippen molar-refractivity contribution in [2.45, 2.75) is 19.3 Å². The zero-order valence-corrected chi connectivity index (χ0v) is 11.7. The van der Waals surface area contributed by atoms with Crippen LogP contribution in [0, 0.1) is 0 Å². The number of benzene rings is 1. The molecule has 1 aromatic rings. The van der Waals surface area contributed by atoms with Crippen molar-refractivity contribution in [3.8, 4) is 0 Å². The van der Waals surface area contributed by atoms with E-state index in [4.69, 9.17) is 0 Å². The number of halogens is 1. The number of thiol groups is 1. The minimum atomic E-state index is 0.142. The third kappa shape index (κ3) is 3.82. The Hall–Kier alpha value is 0.01000. The van der Waals surface area contributed by atoms with Gasteiger partial charge in [0.25, 0.3) is 0 Å². The molecule has 0 saturated carbocycles. The van der Waals surface area contributed by atoms with E-state index >= 15 is 0 Å². The molecule has 1 N–H and O–H groups in total. The quantitative estimate of drug-likeness (QED) is 0.626. The first-order valence-electron chi connectivity index (χ1n) is 5.14. The second-order valence-electron chi connectivity index (χ2n) is 4.26. The van der Waals surface area contributed by atoms with Gasteiger partial charge in [-0.25, -0.2) is 0 Å². The van der Waals surface area contributed by atoms with E-state index in [2.05, 4.69) is 65.9 Å². The van der Waals surface area contributed by atoms with Crippen LogP contribution in [0.2, 0.25) is 0 Å². The molecule has 15 heavy (non-hydrogen) atoms. The van der Waals surface area contributed by atoms with Gasteiger partial charge in [0, 0.05) is 28.7 Å². The normalized spacial score (nSPS) is 11.7. The molecule has 0 bridgehead atoms. The van der Waals surface area contributed by atoms with E-state index in [-0.39, 0.29) is 5.41 Å². The molecule has 0 atom stereocenters. The SMILES string of the molecule is CC(C)(CNCCS)c1ccccc1Br. The lowest BCUT2D eigenvalue weighted by atomic mass is 9.84. The van der Waals surface area contributed by atoms with Gasteiger partial charge in [0.05, 0.1) is 0 Å². The van der Waals surface area contributed by atoms with Crippen LogP contribution in [0.1, 0.15) is 19.4 Å². The molecule has 0 aromatic heterocycles. The van der Waals surface area contributed by atoms with Crippen LogP contribution >= 0.6 is 28.6 Å². The van der Waals surface area contributed by atoms with Crippen LogP contribution in [0.5, 0.6) is 0 Å². The highest BCUT2D eigenvalue weighted by Crippen LogP contribution is 2.29. The van der Waals surface area contributed by atoms with E-state index < -0.39 is 0 Å². The van der Waals surface area contributed by atoms with E-state index in [1.165, 1.54) is 10.0 Å². The van der Waals surface area contributed by atoms with E-state index in [0.717, 1.165) is 18.8 Å². The fraction of sp³-hybridized carbons (Fsp3) is 0.500. The van der Waals surface area contributed by atoms with Gasteiger partial charge in [-0.05, 0) is 11.6 Å². The first-order chi connectivity index (χ1) is 7.08. The lowest BCUT2D eigenvalue weighted by Crippen LogP contribution is -2.34. The van der Waals surface area contributed by atoms with Crippen molar-refractivity contribution in [1.29, 1.82) is 0 Å². The van der Waals surface area contributed by atoms with E-state index in [1.807, 2.05) is 6.07 Å². The van der Waals surface area contributed by atoms with E-state index in [0.29, 0.717) is 0 Å². The molecule has 0 heterocycles. The highest BCUT2D eigenvalue weighted by molar-refractivity contribution is 9.10. The van der Waals surface area contributed by atoms with Crippen molar-refractivity contribution in [2.24, 2.45) is 0 Å². The second kappa shape index (κ2) is 5.92. The standard InChI is InChI=1S/C12H18BrNS/c1-12(2,9-14-7-8-15)10-5-3-4-6-11(10)13/h3-6,14-15H,7-9H2,1-2H3. The second-order valence-corrected chi connectivity index (χ2v) is 5.57. The van der Waals surface area contributed by atoms with Crippen molar-refractivity contribution >= 4 is 28.6 Å². The molecule has 84 valence electrons. The van der Waals surface area contributed by atoms with Gasteiger partial charge in [-0.1, -0.05) is 48.0 Å². The summed E-state index contributed by atoms with van der Waals surface area (Å²) in [4.78, 5) is 0. The first-order valence-corrected chi connectivity index (χ1v) is 6.57. The van der Waals surface area contributed by atoms with Crippen molar-refractivity contribution in [3.05, 3.63) is 34.3 Å². The number of rotatable bonds is 5. The molecular formula is C12H18BrNS. The molecule has 3 heteroatoms. The average Bonchev–Trinajstić information content (AvgIpc) is 2.18. The van der Waals surface area contributed by atoms with Crippen molar-refractivity contribution in [1.82, 2.24) is 5.32 Å². The molecule has 0 spiro atoms. The van der Waals surface area contributed by atoms with E-state index in [9.17, 15) is 0 Å². The van der Waals surface area contributed by atoms with Crippen LogP contribution in [0.4, 0.5) is 0 Å². The number of hydrogen-bond acceptors (Lipinski definition) is 2. The smallest absolute Gasteiger partial charge is 0.0213 e. The Morgan fingerprint density at radius 3 is 2.60 bits per heavy atom. The summed E-state index contributed by atoms with van der Waals surface area (Å²) >= 11 is 7.78. The largest absolute Gasteiger partial charge is 0.315 e. The molecule has 1 aromatic carbocycles. The Balaban J connectivity index is 2.72. The monoisotopic (exact) mass is 287 g/mol. The maximum atomic E-state index is 4.19. The lowest BCUT2D eigenvalue weighted by Gasteiger charge is -2.26. The Morgan fingerprint density at radius 1 is 1.33 bits per heavy atom. The fourth-order valence-corrected chi connectivity index (χ4v) is 2.56. The molecule has 0 radical (unpaired) electrons. The highest BCUT2D eigenvalue weighted by atomic mass is 79.9. The van der Waals surface area contributed by atoms with Crippen LogP contribution in [0.15, 0.2) is 28.7 Å². The van der Waals surface area contributed by atoms with Gasteiger partial charge in [-0.15, -0.1) is 0 Å². The van der Waals surface area contributed by atoms with Gasteiger partial charge in [0.2, 0.25) is 0 Å². The molecular weight excluding hydrogens is 270 g/mol. The third-order valence-electron chi connectivity index (χ3n) is 2.46. The van der Waals surface area contributed by atoms with Gasteiger partial charge in [-0.3, -0.25) is 0 Å². The van der Waals surface area contributed by atoms with Gasteiger partial charge < -0.3 is 5.32 Å². The average molecular weight is 288 g/mol. The maximum absolute atomic E-state index is 4.19. The molecule has 0 aliphatic heterocycles. The molecule has 0 aliphatic carbocycles. The van der Waals surface area contributed by atoms with E-state index in [1.54, 1.807) is 0 Å². The maximum Gasteiger partial charge on any atom is 0.0213 e. The topological polar surface area (TPSA) is 12.0 Å². The summed E-state index contributed by atoms with van der Waals surface area (Å²) < 4.78 is 1.18.